The van der Waals surface area contributed by atoms with Crippen molar-refractivity contribution in [3.63, 3.8) is 0 Å². The third kappa shape index (κ3) is 2.00. The molecule has 4 aromatic rings. The maximum Gasteiger partial charge on any atom is 0.354 e. The molecule has 7 nitrogen and oxygen atoms in total. The van der Waals surface area contributed by atoms with Gasteiger partial charge < -0.3 is 15.2 Å². The predicted octanol–water partition coefficient (Wildman–Crippen LogP) is 1.97. The number of nitrogens with two attached hydrogens (primary N) is 1. The Morgan fingerprint density at radius 3 is 2.62 bits per heavy atom. The summed E-state index contributed by atoms with van der Waals surface area (Å²) in [5.74, 6) is 0.300. The number of methoxy groups -OCH3 is 1. The minimum absolute atomic E-state index is 0.0481. The summed E-state index contributed by atoms with van der Waals surface area (Å²) in [5, 5.41) is 25.7. The molecule has 0 atom stereocenters. The number of thiazole rings is 1. The Kier molecular flexibility index (Phi) is 3.14. The summed E-state index contributed by atoms with van der Waals surface area (Å²) in [5.41, 5.74) is 7.09. The number of para-hydroxylation sites is 1. The number of hydrogen-bond donors (Lipinski definition) is 1. The Morgan fingerprint density at radius 1 is 1.08 bits per heavy atom. The first-order valence-corrected chi connectivity index (χ1v) is 7.90. The number of anilines is 1. The third-order valence-electron chi connectivity index (χ3n) is 3.78. The molecule has 0 aliphatic heterocycles. The highest BCUT2D eigenvalue weighted by Crippen LogP contribution is 2.31. The number of benzene rings is 2. The van der Waals surface area contributed by atoms with Crippen LogP contribution >= 0.6 is 11.3 Å². The van der Waals surface area contributed by atoms with Gasteiger partial charge in [-0.1, -0.05) is 12.1 Å². The molecule has 120 valence electrons. The lowest BCUT2D eigenvalue weighted by Gasteiger charge is -2.12. The van der Waals surface area contributed by atoms with Gasteiger partial charge in [0.05, 0.1) is 23.4 Å². The molecular weight excluding hydrogens is 328 g/mol. The van der Waals surface area contributed by atoms with Gasteiger partial charge >= 0.3 is 11.5 Å². The van der Waals surface area contributed by atoms with E-state index in [0.717, 1.165) is 10.2 Å². The standard InChI is InChI=1S/C16H12N4O3S/c1-23-9-6-7-11-12(8-9)19(21)14(15(17)20(11)22)16-18-10-4-2-3-5-13(10)24-16/h2-8H,17H2,1H3. The highest BCUT2D eigenvalue weighted by Gasteiger charge is 2.28. The fourth-order valence-electron chi connectivity index (χ4n) is 2.58. The molecule has 0 unspecified atom stereocenters. The largest absolute Gasteiger partial charge is 0.710 e. The van der Waals surface area contributed by atoms with E-state index in [0.29, 0.717) is 20.2 Å². The molecule has 4 rings (SSSR count). The number of aromatic nitrogens is 3. The van der Waals surface area contributed by atoms with Crippen LogP contribution in [0.4, 0.5) is 5.82 Å². The van der Waals surface area contributed by atoms with Crippen LogP contribution in [0.1, 0.15) is 0 Å². The maximum absolute atomic E-state index is 12.8. The van der Waals surface area contributed by atoms with E-state index in [1.807, 2.05) is 24.3 Å². The van der Waals surface area contributed by atoms with E-state index in [-0.39, 0.29) is 22.5 Å². The zero-order chi connectivity index (χ0) is 16.8. The van der Waals surface area contributed by atoms with Gasteiger partial charge in [-0.25, -0.2) is 9.71 Å². The minimum atomic E-state index is -0.179. The summed E-state index contributed by atoms with van der Waals surface area (Å²) in [6.45, 7) is 0. The molecule has 0 radical (unpaired) electrons. The van der Waals surface area contributed by atoms with Crippen molar-refractivity contribution in [3.8, 4) is 16.5 Å². The molecule has 2 N–H and O–H groups in total. The van der Waals surface area contributed by atoms with Gasteiger partial charge in [-0.05, 0) is 24.3 Å². The Morgan fingerprint density at radius 2 is 1.88 bits per heavy atom. The van der Waals surface area contributed by atoms with Crippen LogP contribution in [0.2, 0.25) is 0 Å². The summed E-state index contributed by atoms with van der Waals surface area (Å²) >= 11 is 1.31. The Bertz CT molecular complexity index is 1060. The van der Waals surface area contributed by atoms with E-state index < -0.39 is 0 Å². The quantitative estimate of drug-likeness (QED) is 0.444. The second-order valence-electron chi connectivity index (χ2n) is 5.16. The van der Waals surface area contributed by atoms with Crippen LogP contribution in [0.15, 0.2) is 42.5 Å². The lowest BCUT2D eigenvalue weighted by atomic mass is 10.2. The average molecular weight is 340 g/mol. The summed E-state index contributed by atoms with van der Waals surface area (Å²) in [6, 6.07) is 12.1. The van der Waals surface area contributed by atoms with Gasteiger partial charge in [-0.2, -0.15) is 4.73 Å². The zero-order valence-corrected chi connectivity index (χ0v) is 13.4. The highest BCUT2D eigenvalue weighted by atomic mass is 32.1. The van der Waals surface area contributed by atoms with Crippen molar-refractivity contribution in [2.45, 2.75) is 0 Å². The highest BCUT2D eigenvalue weighted by molar-refractivity contribution is 7.21. The van der Waals surface area contributed by atoms with Crippen LogP contribution < -0.4 is 19.9 Å². The first-order chi connectivity index (χ1) is 11.6. The van der Waals surface area contributed by atoms with Crippen molar-refractivity contribution in [2.75, 3.05) is 12.8 Å². The fraction of sp³-hybridized carbons (Fsp3) is 0.0625. The van der Waals surface area contributed by atoms with Crippen molar-refractivity contribution in [2.24, 2.45) is 0 Å². The molecule has 0 saturated heterocycles. The minimum Gasteiger partial charge on any atom is -0.710 e. The van der Waals surface area contributed by atoms with Gasteiger partial charge in [-0.3, -0.25) is 5.73 Å². The zero-order valence-electron chi connectivity index (χ0n) is 12.6. The molecule has 2 aromatic heterocycles. The van der Waals surface area contributed by atoms with Gasteiger partial charge in [0, 0.05) is 0 Å². The third-order valence-corrected chi connectivity index (χ3v) is 4.82. The number of nitrogens with zero attached hydrogens (tertiary/aromatic N) is 3. The molecule has 2 heterocycles. The van der Waals surface area contributed by atoms with Crippen molar-refractivity contribution in [1.82, 2.24) is 4.98 Å². The normalized spacial score (nSPS) is 11.2. The van der Waals surface area contributed by atoms with Crippen LogP contribution in [-0.4, -0.2) is 12.1 Å². The summed E-state index contributed by atoms with van der Waals surface area (Å²) < 4.78 is 7.23. The number of hydrogen-bond acceptors (Lipinski definition) is 6. The summed E-state index contributed by atoms with van der Waals surface area (Å²) in [7, 11) is 1.49. The molecule has 24 heavy (non-hydrogen) atoms. The second-order valence-corrected chi connectivity index (χ2v) is 6.19. The van der Waals surface area contributed by atoms with Crippen molar-refractivity contribution in [1.29, 1.82) is 0 Å². The molecule has 0 bridgehead atoms. The number of nitrogen functional groups attached to an aromatic ring is 1. The molecule has 0 fully saturated rings. The van der Waals surface area contributed by atoms with Crippen molar-refractivity contribution < 1.29 is 14.2 Å². The SMILES string of the molecule is COc1ccc2c(c1)[n+]([O-])c(-c1nc3ccccc3s1)c(N)[n+]2[O-]. The molecule has 0 spiro atoms. The smallest absolute Gasteiger partial charge is 0.354 e. The van der Waals surface area contributed by atoms with E-state index in [2.05, 4.69) is 4.98 Å². The van der Waals surface area contributed by atoms with Gasteiger partial charge in [-0.15, -0.1) is 11.3 Å². The van der Waals surface area contributed by atoms with Crippen LogP contribution in [0, 0.1) is 10.4 Å². The van der Waals surface area contributed by atoms with Crippen LogP contribution in [0.5, 0.6) is 5.75 Å². The number of fused-ring (bicyclic) bond motifs is 2. The molecule has 0 aliphatic carbocycles. The first kappa shape index (κ1) is 14.5. The second kappa shape index (κ2) is 5.20. The number of ether oxygens (including phenoxy) is 1. The van der Waals surface area contributed by atoms with Crippen LogP contribution in [0.25, 0.3) is 32.0 Å². The van der Waals surface area contributed by atoms with Crippen LogP contribution in [-0.2, 0) is 0 Å². The van der Waals surface area contributed by atoms with Crippen molar-refractivity contribution in [3.05, 3.63) is 52.9 Å². The van der Waals surface area contributed by atoms with Gasteiger partial charge in [0.25, 0.3) is 5.52 Å². The first-order valence-electron chi connectivity index (χ1n) is 7.08. The average Bonchev–Trinajstić information content (AvgIpc) is 3.03. The molecule has 0 aliphatic rings. The van der Waals surface area contributed by atoms with E-state index in [9.17, 15) is 10.4 Å². The lowest BCUT2D eigenvalue weighted by molar-refractivity contribution is -0.609. The number of rotatable bonds is 2. The topological polar surface area (TPSA) is 102 Å². The maximum atomic E-state index is 12.8. The molecular formula is C16H12N4O3S. The Labute approximate surface area is 140 Å². The van der Waals surface area contributed by atoms with Gasteiger partial charge in [0.1, 0.15) is 5.75 Å². The molecule has 0 saturated carbocycles. The van der Waals surface area contributed by atoms with Crippen LogP contribution in [0.3, 0.4) is 0 Å². The molecule has 2 aromatic carbocycles. The van der Waals surface area contributed by atoms with E-state index in [4.69, 9.17) is 10.5 Å². The molecule has 0 amide bonds. The van der Waals surface area contributed by atoms with Gasteiger partial charge in [0.2, 0.25) is 5.52 Å². The molecule has 8 heteroatoms. The predicted molar refractivity (Wildman–Crippen MR) is 91.4 cm³/mol. The Balaban J connectivity index is 2.07. The van der Waals surface area contributed by atoms with E-state index in [1.165, 1.54) is 30.6 Å². The summed E-state index contributed by atoms with van der Waals surface area (Å²) in [6.07, 6.45) is 0. The summed E-state index contributed by atoms with van der Waals surface area (Å²) in [4.78, 5) is 4.43. The van der Waals surface area contributed by atoms with Gasteiger partial charge in [0.15, 0.2) is 5.01 Å². The van der Waals surface area contributed by atoms with Crippen molar-refractivity contribution >= 4 is 38.4 Å². The monoisotopic (exact) mass is 340 g/mol. The Hall–Kier alpha value is -3.13. The van der Waals surface area contributed by atoms with E-state index in [1.54, 1.807) is 6.07 Å². The van der Waals surface area contributed by atoms with E-state index >= 15 is 0 Å². The lowest BCUT2D eigenvalue weighted by Crippen LogP contribution is -2.42. The fourth-order valence-corrected chi connectivity index (χ4v) is 3.59.